The molecule has 0 radical (unpaired) electrons. The normalized spacial score (nSPS) is 17.4. The topological polar surface area (TPSA) is 46.2 Å². The number of rotatable bonds is 3. The van der Waals surface area contributed by atoms with Crippen LogP contribution in [0.4, 0.5) is 0 Å². The van der Waals surface area contributed by atoms with Crippen molar-refractivity contribution in [1.29, 1.82) is 0 Å². The van der Waals surface area contributed by atoms with E-state index in [1.807, 2.05) is 0 Å². The number of aliphatic hydroxyl groups is 1. The molecule has 0 fully saturated rings. The summed E-state index contributed by atoms with van der Waals surface area (Å²) in [6, 6.07) is -0.146. The van der Waals surface area contributed by atoms with Crippen LogP contribution in [-0.2, 0) is 0 Å². The highest BCUT2D eigenvalue weighted by Gasteiger charge is 2.04. The van der Waals surface area contributed by atoms with Gasteiger partial charge in [0, 0.05) is 6.04 Å². The molecule has 0 aliphatic heterocycles. The fourth-order valence-electron chi connectivity index (χ4n) is 0.389. The van der Waals surface area contributed by atoms with Gasteiger partial charge in [0.2, 0.25) is 0 Å². The van der Waals surface area contributed by atoms with Crippen LogP contribution in [0.2, 0.25) is 0 Å². The van der Waals surface area contributed by atoms with E-state index in [0.717, 1.165) is 0 Å². The summed E-state index contributed by atoms with van der Waals surface area (Å²) in [4.78, 5) is 0. The lowest BCUT2D eigenvalue weighted by Crippen LogP contribution is -2.31. The van der Waals surface area contributed by atoms with Crippen molar-refractivity contribution in [2.24, 2.45) is 5.73 Å². The fraction of sp³-hybridized carbons (Fsp3) is 0.667. The molecule has 2 heteroatoms. The summed E-state index contributed by atoms with van der Waals surface area (Å²) in [6.45, 7) is 5.17. The predicted molar refractivity (Wildman–Crippen MR) is 34.5 cm³/mol. The predicted octanol–water partition coefficient (Wildman–Crippen LogP) is 0.271. The molecule has 8 heavy (non-hydrogen) atoms. The Labute approximate surface area is 50.0 Å². The van der Waals surface area contributed by atoms with Gasteiger partial charge in [0.25, 0.3) is 0 Å². The molecule has 2 atom stereocenters. The molecule has 0 aromatic heterocycles. The van der Waals surface area contributed by atoms with Gasteiger partial charge in [0.05, 0.1) is 6.10 Å². The zero-order chi connectivity index (χ0) is 6.57. The third kappa shape index (κ3) is 2.77. The molecular formula is C6H13NO. The molecular weight excluding hydrogens is 102 g/mol. The van der Waals surface area contributed by atoms with Gasteiger partial charge in [-0.1, -0.05) is 6.08 Å². The Morgan fingerprint density at radius 2 is 2.38 bits per heavy atom. The highest BCUT2D eigenvalue weighted by molar-refractivity contribution is 4.78. The molecule has 0 aromatic carbocycles. The zero-order valence-electron chi connectivity index (χ0n) is 5.17. The smallest absolute Gasteiger partial charge is 0.0666 e. The largest absolute Gasteiger partial charge is 0.392 e. The second-order valence-electron chi connectivity index (χ2n) is 1.93. The summed E-state index contributed by atoms with van der Waals surface area (Å²) in [7, 11) is 0. The van der Waals surface area contributed by atoms with E-state index in [4.69, 9.17) is 10.8 Å². The van der Waals surface area contributed by atoms with Crippen molar-refractivity contribution in [3.05, 3.63) is 12.7 Å². The molecule has 3 N–H and O–H groups in total. The van der Waals surface area contributed by atoms with Crippen LogP contribution in [0.3, 0.4) is 0 Å². The number of hydrogen-bond acceptors (Lipinski definition) is 2. The Hall–Kier alpha value is -0.340. The van der Waals surface area contributed by atoms with E-state index < -0.39 is 6.10 Å². The van der Waals surface area contributed by atoms with Crippen LogP contribution in [0.15, 0.2) is 12.7 Å². The van der Waals surface area contributed by atoms with Gasteiger partial charge in [-0.3, -0.25) is 0 Å². The average molecular weight is 115 g/mol. The molecule has 48 valence electrons. The minimum absolute atomic E-state index is 0.146. The SMILES string of the molecule is C=CC[C@H](N)[C@H](C)O. The number of hydrogen-bond donors (Lipinski definition) is 2. The maximum absolute atomic E-state index is 8.78. The van der Waals surface area contributed by atoms with Gasteiger partial charge in [0.15, 0.2) is 0 Å². The van der Waals surface area contributed by atoms with Crippen molar-refractivity contribution in [1.82, 2.24) is 0 Å². The van der Waals surface area contributed by atoms with Gasteiger partial charge >= 0.3 is 0 Å². The molecule has 0 aromatic rings. The molecule has 0 bridgehead atoms. The van der Waals surface area contributed by atoms with E-state index in [-0.39, 0.29) is 6.04 Å². The third-order valence-electron chi connectivity index (χ3n) is 1.06. The summed E-state index contributed by atoms with van der Waals surface area (Å²) < 4.78 is 0. The first-order valence-electron chi connectivity index (χ1n) is 2.73. The van der Waals surface area contributed by atoms with Crippen LogP contribution in [0.25, 0.3) is 0 Å². The van der Waals surface area contributed by atoms with Gasteiger partial charge < -0.3 is 10.8 Å². The van der Waals surface area contributed by atoms with Crippen molar-refractivity contribution in [2.75, 3.05) is 0 Å². The standard InChI is InChI=1S/C6H13NO/c1-3-4-6(7)5(2)8/h3,5-6,8H,1,4,7H2,2H3/t5-,6-/m0/s1. The van der Waals surface area contributed by atoms with Crippen LogP contribution in [0, 0.1) is 0 Å². The molecule has 0 amide bonds. The minimum Gasteiger partial charge on any atom is -0.392 e. The lowest BCUT2D eigenvalue weighted by atomic mass is 10.1. The summed E-state index contributed by atoms with van der Waals surface area (Å²) >= 11 is 0. The molecule has 0 aliphatic carbocycles. The average Bonchev–Trinajstić information content (AvgIpc) is 1.67. The molecule has 0 rings (SSSR count). The first kappa shape index (κ1) is 7.66. The first-order valence-corrected chi connectivity index (χ1v) is 2.73. The Morgan fingerprint density at radius 1 is 1.88 bits per heavy atom. The Balaban J connectivity index is 3.30. The monoisotopic (exact) mass is 115 g/mol. The van der Waals surface area contributed by atoms with Crippen molar-refractivity contribution >= 4 is 0 Å². The maximum atomic E-state index is 8.78. The Kier molecular flexibility index (Phi) is 3.48. The van der Waals surface area contributed by atoms with E-state index in [0.29, 0.717) is 6.42 Å². The minimum atomic E-state index is -0.423. The fourth-order valence-corrected chi connectivity index (χ4v) is 0.389. The van der Waals surface area contributed by atoms with Crippen molar-refractivity contribution in [2.45, 2.75) is 25.5 Å². The van der Waals surface area contributed by atoms with Gasteiger partial charge in [0.1, 0.15) is 0 Å². The van der Waals surface area contributed by atoms with Crippen molar-refractivity contribution in [3.8, 4) is 0 Å². The van der Waals surface area contributed by atoms with Gasteiger partial charge in [-0.05, 0) is 13.3 Å². The Bertz CT molecular complexity index is 70.9. The first-order chi connectivity index (χ1) is 3.68. The molecule has 2 nitrogen and oxygen atoms in total. The number of aliphatic hydroxyl groups excluding tert-OH is 1. The third-order valence-corrected chi connectivity index (χ3v) is 1.06. The molecule has 0 aliphatic rings. The maximum Gasteiger partial charge on any atom is 0.0666 e. The van der Waals surface area contributed by atoms with Gasteiger partial charge in [-0.25, -0.2) is 0 Å². The summed E-state index contributed by atoms with van der Waals surface area (Å²) in [5.41, 5.74) is 5.41. The number of nitrogens with two attached hydrogens (primary N) is 1. The second-order valence-corrected chi connectivity index (χ2v) is 1.93. The van der Waals surface area contributed by atoms with E-state index >= 15 is 0 Å². The van der Waals surface area contributed by atoms with E-state index in [1.54, 1.807) is 13.0 Å². The van der Waals surface area contributed by atoms with Gasteiger partial charge in [-0.15, -0.1) is 6.58 Å². The van der Waals surface area contributed by atoms with Gasteiger partial charge in [-0.2, -0.15) is 0 Å². The second kappa shape index (κ2) is 3.64. The van der Waals surface area contributed by atoms with E-state index in [2.05, 4.69) is 6.58 Å². The van der Waals surface area contributed by atoms with E-state index in [9.17, 15) is 0 Å². The van der Waals surface area contributed by atoms with E-state index in [1.165, 1.54) is 0 Å². The van der Waals surface area contributed by atoms with Crippen LogP contribution >= 0.6 is 0 Å². The van der Waals surface area contributed by atoms with Crippen LogP contribution < -0.4 is 5.73 Å². The highest BCUT2D eigenvalue weighted by Crippen LogP contribution is 1.93. The van der Waals surface area contributed by atoms with Crippen molar-refractivity contribution < 1.29 is 5.11 Å². The van der Waals surface area contributed by atoms with Crippen molar-refractivity contribution in [3.63, 3.8) is 0 Å². The van der Waals surface area contributed by atoms with Crippen LogP contribution in [0.1, 0.15) is 13.3 Å². The molecule has 0 saturated carbocycles. The lowest BCUT2D eigenvalue weighted by Gasteiger charge is -2.10. The quantitative estimate of drug-likeness (QED) is 0.519. The molecule has 0 saturated heterocycles. The molecule has 0 heterocycles. The summed E-state index contributed by atoms with van der Waals surface area (Å²) in [5.74, 6) is 0. The lowest BCUT2D eigenvalue weighted by molar-refractivity contribution is 0.164. The molecule has 0 unspecified atom stereocenters. The Morgan fingerprint density at radius 3 is 2.50 bits per heavy atom. The summed E-state index contributed by atoms with van der Waals surface area (Å²) in [5, 5.41) is 8.78. The molecule has 0 spiro atoms. The zero-order valence-corrected chi connectivity index (χ0v) is 5.17. The van der Waals surface area contributed by atoms with Crippen LogP contribution in [0.5, 0.6) is 0 Å². The summed E-state index contributed by atoms with van der Waals surface area (Å²) in [6.07, 6.45) is 1.96. The van der Waals surface area contributed by atoms with Crippen LogP contribution in [-0.4, -0.2) is 17.3 Å². The highest BCUT2D eigenvalue weighted by atomic mass is 16.3.